The van der Waals surface area contributed by atoms with Gasteiger partial charge in [-0.25, -0.2) is 4.39 Å². The summed E-state index contributed by atoms with van der Waals surface area (Å²) in [5.41, 5.74) is -0.124. The van der Waals surface area contributed by atoms with E-state index in [1.165, 1.54) is 18.2 Å². The quantitative estimate of drug-likeness (QED) is 0.467. The molecule has 0 saturated heterocycles. The van der Waals surface area contributed by atoms with Crippen LogP contribution < -0.4 is 5.32 Å². The van der Waals surface area contributed by atoms with E-state index in [0.29, 0.717) is 0 Å². The van der Waals surface area contributed by atoms with Crippen molar-refractivity contribution in [1.29, 1.82) is 0 Å². The van der Waals surface area contributed by atoms with Gasteiger partial charge < -0.3 is 25.7 Å². The third kappa shape index (κ3) is 4.56. The van der Waals surface area contributed by atoms with Crippen molar-refractivity contribution in [3.63, 3.8) is 0 Å². The van der Waals surface area contributed by atoms with Gasteiger partial charge in [0, 0.05) is 6.42 Å². The lowest BCUT2D eigenvalue weighted by atomic mass is 10.1. The molecule has 106 valence electrons. The van der Waals surface area contributed by atoms with E-state index in [-0.39, 0.29) is 12.1 Å². The van der Waals surface area contributed by atoms with Gasteiger partial charge in [-0.1, -0.05) is 12.1 Å². The van der Waals surface area contributed by atoms with Crippen molar-refractivity contribution in [2.75, 3.05) is 11.9 Å². The molecule has 0 aliphatic heterocycles. The van der Waals surface area contributed by atoms with Gasteiger partial charge in [-0.05, 0) is 12.1 Å². The molecule has 0 unspecified atom stereocenters. The Balaban J connectivity index is 2.60. The van der Waals surface area contributed by atoms with Gasteiger partial charge in [-0.15, -0.1) is 0 Å². The highest BCUT2D eigenvalue weighted by molar-refractivity contribution is 5.94. The van der Waals surface area contributed by atoms with E-state index in [1.54, 1.807) is 0 Å². The second-order valence-electron chi connectivity index (χ2n) is 4.05. The molecule has 3 atom stereocenters. The molecule has 0 saturated carbocycles. The summed E-state index contributed by atoms with van der Waals surface area (Å²) in [6, 6.07) is 5.37. The highest BCUT2D eigenvalue weighted by atomic mass is 19.1. The van der Waals surface area contributed by atoms with Crippen molar-refractivity contribution in [1.82, 2.24) is 0 Å². The molecule has 6 nitrogen and oxygen atoms in total. The molecule has 5 N–H and O–H groups in total. The van der Waals surface area contributed by atoms with Crippen molar-refractivity contribution in [3.8, 4) is 0 Å². The molecule has 19 heavy (non-hydrogen) atoms. The van der Waals surface area contributed by atoms with Gasteiger partial charge >= 0.3 is 0 Å². The smallest absolute Gasteiger partial charge is 0.255 e. The Kier molecular flexibility index (Phi) is 5.84. The third-order valence-corrected chi connectivity index (χ3v) is 2.49. The summed E-state index contributed by atoms with van der Waals surface area (Å²) in [5.74, 6) is -1.67. The molecule has 7 heteroatoms. The predicted octanol–water partition coefficient (Wildman–Crippen LogP) is -0.771. The molecule has 1 aromatic carbocycles. The fourth-order valence-corrected chi connectivity index (χ4v) is 1.43. The van der Waals surface area contributed by atoms with Crippen LogP contribution in [0.3, 0.4) is 0 Å². The SMILES string of the molecule is O=C(Nc1ccccc1F)[C@H](O)[C@@H](O)C[C@H](O)CO. The van der Waals surface area contributed by atoms with Gasteiger partial charge in [-0.2, -0.15) is 0 Å². The second-order valence-corrected chi connectivity index (χ2v) is 4.05. The van der Waals surface area contributed by atoms with Crippen LogP contribution in [0.2, 0.25) is 0 Å². The first-order chi connectivity index (χ1) is 8.95. The van der Waals surface area contributed by atoms with Crippen LogP contribution >= 0.6 is 0 Å². The van der Waals surface area contributed by atoms with Gasteiger partial charge in [0.15, 0.2) is 6.10 Å². The minimum absolute atomic E-state index is 0.124. The van der Waals surface area contributed by atoms with Crippen LogP contribution in [0.25, 0.3) is 0 Å². The monoisotopic (exact) mass is 273 g/mol. The van der Waals surface area contributed by atoms with E-state index in [9.17, 15) is 19.4 Å². The minimum Gasteiger partial charge on any atom is -0.394 e. The van der Waals surface area contributed by atoms with Crippen LogP contribution in [0.4, 0.5) is 10.1 Å². The molecule has 1 rings (SSSR count). The Labute approximate surface area is 109 Å². The summed E-state index contributed by atoms with van der Waals surface area (Å²) in [7, 11) is 0. The minimum atomic E-state index is -1.83. The normalized spacial score (nSPS) is 15.6. The summed E-state index contributed by atoms with van der Waals surface area (Å²) >= 11 is 0. The lowest BCUT2D eigenvalue weighted by Gasteiger charge is -2.19. The van der Waals surface area contributed by atoms with Gasteiger partial charge in [0.05, 0.1) is 24.5 Å². The molecular weight excluding hydrogens is 257 g/mol. The first-order valence-electron chi connectivity index (χ1n) is 5.66. The molecular formula is C12H16FNO5. The van der Waals surface area contributed by atoms with Gasteiger partial charge in [0.2, 0.25) is 0 Å². The van der Waals surface area contributed by atoms with Crippen LogP contribution in [0.1, 0.15) is 6.42 Å². The molecule has 0 fully saturated rings. The molecule has 0 radical (unpaired) electrons. The van der Waals surface area contributed by atoms with Gasteiger partial charge in [0.25, 0.3) is 5.91 Å². The fourth-order valence-electron chi connectivity index (χ4n) is 1.43. The molecule has 0 aromatic heterocycles. The average Bonchev–Trinajstić information content (AvgIpc) is 2.40. The zero-order chi connectivity index (χ0) is 14.4. The third-order valence-electron chi connectivity index (χ3n) is 2.49. The largest absolute Gasteiger partial charge is 0.394 e. The number of benzene rings is 1. The number of aliphatic hydroxyl groups excluding tert-OH is 4. The van der Waals surface area contributed by atoms with E-state index in [4.69, 9.17) is 10.2 Å². The highest BCUT2D eigenvalue weighted by Gasteiger charge is 2.26. The summed E-state index contributed by atoms with van der Waals surface area (Å²) in [6.45, 7) is -0.598. The van der Waals surface area contributed by atoms with Crippen molar-refractivity contribution in [2.24, 2.45) is 0 Å². The first kappa shape index (κ1) is 15.5. The molecule has 0 spiro atoms. The topological polar surface area (TPSA) is 110 Å². The van der Waals surface area contributed by atoms with Crippen LogP contribution in [0.5, 0.6) is 0 Å². The maximum Gasteiger partial charge on any atom is 0.255 e. The predicted molar refractivity (Wildman–Crippen MR) is 64.8 cm³/mol. The van der Waals surface area contributed by atoms with E-state index < -0.39 is 36.6 Å². The number of halogens is 1. The average molecular weight is 273 g/mol. The van der Waals surface area contributed by atoms with E-state index in [0.717, 1.165) is 6.07 Å². The van der Waals surface area contributed by atoms with Gasteiger partial charge in [0.1, 0.15) is 5.82 Å². The molecule has 1 aromatic rings. The number of para-hydroxylation sites is 1. The Hall–Kier alpha value is -1.54. The van der Waals surface area contributed by atoms with E-state index in [2.05, 4.69) is 5.32 Å². The summed E-state index contributed by atoms with van der Waals surface area (Å²) in [4.78, 5) is 11.5. The molecule has 1 amide bonds. The number of amides is 1. The molecule has 0 bridgehead atoms. The summed E-state index contributed by atoms with van der Waals surface area (Å²) in [5, 5.41) is 38.7. The number of hydrogen-bond acceptors (Lipinski definition) is 5. The highest BCUT2D eigenvalue weighted by Crippen LogP contribution is 2.13. The van der Waals surface area contributed by atoms with E-state index in [1.807, 2.05) is 0 Å². The fraction of sp³-hybridized carbons (Fsp3) is 0.417. The van der Waals surface area contributed by atoms with Crippen LogP contribution in [0.15, 0.2) is 24.3 Å². The Morgan fingerprint density at radius 1 is 1.26 bits per heavy atom. The number of aliphatic hydroxyl groups is 4. The number of carbonyl (C=O) groups is 1. The number of carbonyl (C=O) groups excluding carboxylic acids is 1. The Morgan fingerprint density at radius 3 is 2.47 bits per heavy atom. The molecule has 0 aliphatic carbocycles. The summed E-state index contributed by atoms with van der Waals surface area (Å²) < 4.78 is 13.2. The molecule has 0 heterocycles. The van der Waals surface area contributed by atoms with E-state index >= 15 is 0 Å². The van der Waals surface area contributed by atoms with Crippen LogP contribution in [-0.2, 0) is 4.79 Å². The zero-order valence-corrected chi connectivity index (χ0v) is 10.0. The number of hydrogen-bond donors (Lipinski definition) is 5. The number of anilines is 1. The van der Waals surface area contributed by atoms with Crippen molar-refractivity contribution in [2.45, 2.75) is 24.7 Å². The lowest BCUT2D eigenvalue weighted by Crippen LogP contribution is -2.40. The maximum absolute atomic E-state index is 13.2. The standard InChI is InChI=1S/C12H16FNO5/c13-8-3-1-2-4-9(8)14-12(19)11(18)10(17)5-7(16)6-15/h1-4,7,10-11,15-18H,5-6H2,(H,14,19)/t7-,10-,11+/m0/s1. The number of rotatable bonds is 6. The number of nitrogens with one attached hydrogen (secondary N) is 1. The van der Waals surface area contributed by atoms with Gasteiger partial charge in [-0.3, -0.25) is 4.79 Å². The molecule has 0 aliphatic rings. The Morgan fingerprint density at radius 2 is 1.89 bits per heavy atom. The zero-order valence-electron chi connectivity index (χ0n) is 10.0. The Bertz CT molecular complexity index is 428. The second kappa shape index (κ2) is 7.15. The lowest BCUT2D eigenvalue weighted by molar-refractivity contribution is -0.131. The van der Waals surface area contributed by atoms with Crippen molar-refractivity contribution < 1.29 is 29.6 Å². The first-order valence-corrected chi connectivity index (χ1v) is 5.66. The maximum atomic E-state index is 13.2. The van der Waals surface area contributed by atoms with Crippen LogP contribution in [-0.4, -0.2) is 51.3 Å². The summed E-state index contributed by atoms with van der Waals surface area (Å²) in [6.07, 6.45) is -5.01. The van der Waals surface area contributed by atoms with Crippen molar-refractivity contribution >= 4 is 11.6 Å². The van der Waals surface area contributed by atoms with Crippen LogP contribution in [0, 0.1) is 5.82 Å². The van der Waals surface area contributed by atoms with Crippen molar-refractivity contribution in [3.05, 3.63) is 30.1 Å².